The van der Waals surface area contributed by atoms with Gasteiger partial charge in [-0.25, -0.2) is 0 Å². The number of benzene rings is 2. The minimum Gasteiger partial charge on any atom is -0.377 e. The molecule has 0 spiro atoms. The number of para-hydroxylation sites is 1. The lowest BCUT2D eigenvalue weighted by Crippen LogP contribution is -2.09. The molecule has 90 valence electrons. The molecule has 0 aliphatic rings. The van der Waals surface area contributed by atoms with E-state index in [1.165, 1.54) is 5.56 Å². The second-order valence-corrected chi connectivity index (χ2v) is 4.53. The first kappa shape index (κ1) is 12.3. The van der Waals surface area contributed by atoms with Gasteiger partial charge in [-0.15, -0.1) is 0 Å². The van der Waals surface area contributed by atoms with E-state index in [1.807, 2.05) is 38.4 Å². The van der Waals surface area contributed by atoms with E-state index >= 15 is 0 Å². The summed E-state index contributed by atoms with van der Waals surface area (Å²) in [5.41, 5.74) is 4.51. The molecule has 0 bridgehead atoms. The van der Waals surface area contributed by atoms with Gasteiger partial charge in [-0.3, -0.25) is 0 Å². The van der Waals surface area contributed by atoms with Crippen LogP contribution in [0.2, 0.25) is 0 Å². The van der Waals surface area contributed by atoms with Crippen molar-refractivity contribution in [1.82, 2.24) is 0 Å². The monoisotopic (exact) mass is 235 g/mol. The number of hydrogen-bond acceptors (Lipinski definition) is 1. The maximum absolute atomic E-state index is 3.25. The second-order valence-electron chi connectivity index (χ2n) is 4.53. The first-order chi connectivity index (χ1) is 8.66. The normalized spacial score (nSPS) is 9.50. The number of aryl methyl sites for hydroxylation is 1. The van der Waals surface area contributed by atoms with Crippen LogP contribution in [-0.2, 0) is 0 Å². The van der Waals surface area contributed by atoms with Crippen LogP contribution in [0.5, 0.6) is 0 Å². The highest BCUT2D eigenvalue weighted by Crippen LogP contribution is 2.16. The molecular formula is C17H17N. The molecule has 0 aliphatic carbocycles. The Kier molecular flexibility index (Phi) is 3.69. The van der Waals surface area contributed by atoms with Gasteiger partial charge in [-0.05, 0) is 36.8 Å². The third-order valence-electron chi connectivity index (χ3n) is 2.75. The first-order valence-electron chi connectivity index (χ1n) is 6.02. The zero-order chi connectivity index (χ0) is 13.0. The second kappa shape index (κ2) is 5.42. The summed E-state index contributed by atoms with van der Waals surface area (Å²) >= 11 is 0. The fourth-order valence-electron chi connectivity index (χ4n) is 1.83. The molecule has 0 N–H and O–H groups in total. The number of anilines is 1. The first-order valence-corrected chi connectivity index (χ1v) is 6.02. The van der Waals surface area contributed by atoms with E-state index in [1.54, 1.807) is 0 Å². The Morgan fingerprint density at radius 2 is 1.67 bits per heavy atom. The summed E-state index contributed by atoms with van der Waals surface area (Å²) in [7, 11) is 4.07. The van der Waals surface area contributed by atoms with Crippen molar-refractivity contribution in [1.29, 1.82) is 0 Å². The summed E-state index contributed by atoms with van der Waals surface area (Å²) in [4.78, 5) is 2.08. The number of nitrogens with zero attached hydrogens (tertiary/aromatic N) is 1. The topological polar surface area (TPSA) is 3.24 Å². The van der Waals surface area contributed by atoms with Crippen LogP contribution in [0.4, 0.5) is 5.69 Å². The van der Waals surface area contributed by atoms with Crippen LogP contribution in [0.15, 0.2) is 48.5 Å². The molecule has 18 heavy (non-hydrogen) atoms. The minimum atomic E-state index is 1.06. The van der Waals surface area contributed by atoms with Crippen molar-refractivity contribution in [2.24, 2.45) is 0 Å². The molecule has 0 aliphatic heterocycles. The lowest BCUT2D eigenvalue weighted by Gasteiger charge is -2.13. The Bertz CT molecular complexity index is 600. The van der Waals surface area contributed by atoms with Gasteiger partial charge >= 0.3 is 0 Å². The van der Waals surface area contributed by atoms with Gasteiger partial charge in [-0.2, -0.15) is 0 Å². The lowest BCUT2D eigenvalue weighted by atomic mass is 10.1. The van der Waals surface area contributed by atoms with Crippen molar-refractivity contribution in [2.75, 3.05) is 19.0 Å². The predicted molar refractivity (Wildman–Crippen MR) is 77.9 cm³/mol. The Hall–Kier alpha value is -2.20. The largest absolute Gasteiger partial charge is 0.377 e. The van der Waals surface area contributed by atoms with Crippen molar-refractivity contribution in [2.45, 2.75) is 6.92 Å². The lowest BCUT2D eigenvalue weighted by molar-refractivity contribution is 1.13. The summed E-state index contributed by atoms with van der Waals surface area (Å²) in [5, 5.41) is 0. The van der Waals surface area contributed by atoms with Crippen LogP contribution in [0.1, 0.15) is 16.7 Å². The standard InChI is InChI=1S/C17H17N/c1-14-7-6-8-15(13-14)11-12-16-9-4-5-10-17(16)18(2)3/h4-10,13H,1-3H3. The van der Waals surface area contributed by atoms with Crippen LogP contribution in [0.25, 0.3) is 0 Å². The molecule has 1 heteroatoms. The molecular weight excluding hydrogens is 218 g/mol. The third kappa shape index (κ3) is 2.93. The fourth-order valence-corrected chi connectivity index (χ4v) is 1.83. The van der Waals surface area contributed by atoms with Crippen LogP contribution < -0.4 is 4.90 Å². The molecule has 0 saturated heterocycles. The number of hydrogen-bond donors (Lipinski definition) is 0. The summed E-state index contributed by atoms with van der Waals surface area (Å²) in [5.74, 6) is 6.47. The van der Waals surface area contributed by atoms with E-state index in [0.29, 0.717) is 0 Å². The summed E-state index contributed by atoms with van der Waals surface area (Å²) in [6.07, 6.45) is 0. The number of rotatable bonds is 1. The van der Waals surface area contributed by atoms with Gasteiger partial charge in [0.2, 0.25) is 0 Å². The SMILES string of the molecule is Cc1cccc(C#Cc2ccccc2N(C)C)c1. The van der Waals surface area contributed by atoms with Crippen molar-refractivity contribution < 1.29 is 0 Å². The van der Waals surface area contributed by atoms with E-state index in [2.05, 4.69) is 47.9 Å². The van der Waals surface area contributed by atoms with Crippen molar-refractivity contribution in [3.8, 4) is 11.8 Å². The minimum absolute atomic E-state index is 1.06. The Morgan fingerprint density at radius 3 is 2.39 bits per heavy atom. The molecule has 0 radical (unpaired) electrons. The Morgan fingerprint density at radius 1 is 0.889 bits per heavy atom. The van der Waals surface area contributed by atoms with Gasteiger partial charge in [0, 0.05) is 25.2 Å². The highest BCUT2D eigenvalue weighted by atomic mass is 15.1. The summed E-state index contributed by atoms with van der Waals surface area (Å²) < 4.78 is 0. The Balaban J connectivity index is 2.36. The van der Waals surface area contributed by atoms with E-state index in [9.17, 15) is 0 Å². The average molecular weight is 235 g/mol. The summed E-state index contributed by atoms with van der Waals surface area (Å²) in [6, 6.07) is 16.5. The van der Waals surface area contributed by atoms with Crippen molar-refractivity contribution >= 4 is 5.69 Å². The molecule has 0 atom stereocenters. The van der Waals surface area contributed by atoms with E-state index in [0.717, 1.165) is 16.8 Å². The maximum Gasteiger partial charge on any atom is 0.0520 e. The smallest absolute Gasteiger partial charge is 0.0520 e. The predicted octanol–water partition coefficient (Wildman–Crippen LogP) is 3.46. The van der Waals surface area contributed by atoms with Gasteiger partial charge < -0.3 is 4.90 Å². The molecule has 0 fully saturated rings. The van der Waals surface area contributed by atoms with Gasteiger partial charge in [-0.1, -0.05) is 36.1 Å². The molecule has 0 amide bonds. The molecule has 0 saturated carbocycles. The summed E-state index contributed by atoms with van der Waals surface area (Å²) in [6.45, 7) is 2.08. The maximum atomic E-state index is 3.25. The highest BCUT2D eigenvalue weighted by Gasteiger charge is 1.99. The van der Waals surface area contributed by atoms with Gasteiger partial charge in [0.15, 0.2) is 0 Å². The van der Waals surface area contributed by atoms with E-state index in [-0.39, 0.29) is 0 Å². The molecule has 0 unspecified atom stereocenters. The van der Waals surface area contributed by atoms with Crippen molar-refractivity contribution in [3.05, 3.63) is 65.2 Å². The fraction of sp³-hybridized carbons (Fsp3) is 0.176. The van der Waals surface area contributed by atoms with Crippen molar-refractivity contribution in [3.63, 3.8) is 0 Å². The van der Waals surface area contributed by atoms with Gasteiger partial charge in [0.05, 0.1) is 5.69 Å². The molecule has 2 rings (SSSR count). The van der Waals surface area contributed by atoms with E-state index < -0.39 is 0 Å². The van der Waals surface area contributed by atoms with Gasteiger partial charge in [0.25, 0.3) is 0 Å². The molecule has 1 nitrogen and oxygen atoms in total. The quantitative estimate of drug-likeness (QED) is 0.684. The van der Waals surface area contributed by atoms with E-state index in [4.69, 9.17) is 0 Å². The highest BCUT2D eigenvalue weighted by molar-refractivity contribution is 5.61. The Labute approximate surface area is 109 Å². The third-order valence-corrected chi connectivity index (χ3v) is 2.75. The van der Waals surface area contributed by atoms with Crippen LogP contribution in [0, 0.1) is 18.8 Å². The zero-order valence-corrected chi connectivity index (χ0v) is 11.1. The average Bonchev–Trinajstić information content (AvgIpc) is 2.37. The van der Waals surface area contributed by atoms with Gasteiger partial charge in [0.1, 0.15) is 0 Å². The zero-order valence-electron chi connectivity index (χ0n) is 11.1. The molecule has 2 aromatic rings. The molecule has 0 aromatic heterocycles. The van der Waals surface area contributed by atoms with Crippen LogP contribution in [0.3, 0.4) is 0 Å². The molecule has 2 aromatic carbocycles. The molecule has 0 heterocycles. The van der Waals surface area contributed by atoms with Crippen LogP contribution >= 0.6 is 0 Å². The van der Waals surface area contributed by atoms with Crippen LogP contribution in [-0.4, -0.2) is 14.1 Å².